The van der Waals surface area contributed by atoms with Crippen LogP contribution in [0, 0.1) is 0 Å². The molecule has 1 heterocycles. The summed E-state index contributed by atoms with van der Waals surface area (Å²) in [5, 5.41) is 3.74. The summed E-state index contributed by atoms with van der Waals surface area (Å²) in [6.45, 7) is 0. The summed E-state index contributed by atoms with van der Waals surface area (Å²) in [6.07, 6.45) is 0. The Kier molecular flexibility index (Phi) is 3.58. The number of methoxy groups -OCH3 is 1. The normalized spacial score (nSPS) is 11.2. The summed E-state index contributed by atoms with van der Waals surface area (Å²) in [4.78, 5) is 0.271. The van der Waals surface area contributed by atoms with Crippen molar-refractivity contribution in [2.45, 2.75) is 9.10 Å². The predicted octanol–water partition coefficient (Wildman–Crippen LogP) is 2.63. The molecular formula is C12H13NO3S2. The molecule has 0 amide bonds. The van der Waals surface area contributed by atoms with Crippen molar-refractivity contribution in [3.63, 3.8) is 0 Å². The van der Waals surface area contributed by atoms with Crippen molar-refractivity contribution in [3.05, 3.63) is 36.4 Å². The molecule has 1 aromatic heterocycles. The summed E-state index contributed by atoms with van der Waals surface area (Å²) >= 11 is 1.21. The highest BCUT2D eigenvalue weighted by molar-refractivity contribution is 7.93. The zero-order chi connectivity index (χ0) is 13.2. The highest BCUT2D eigenvalue weighted by atomic mass is 32.2. The van der Waals surface area contributed by atoms with Crippen LogP contribution >= 0.6 is 11.3 Å². The van der Waals surface area contributed by atoms with Crippen LogP contribution in [-0.4, -0.2) is 22.6 Å². The smallest absolute Gasteiger partial charge is 0.216 e. The van der Waals surface area contributed by atoms with Crippen LogP contribution in [0.5, 0.6) is 5.75 Å². The predicted molar refractivity (Wildman–Crippen MR) is 72.3 cm³/mol. The third-order valence-corrected chi connectivity index (χ3v) is 5.83. The molecule has 18 heavy (non-hydrogen) atoms. The van der Waals surface area contributed by atoms with Gasteiger partial charge in [-0.3, -0.25) is 0 Å². The van der Waals surface area contributed by atoms with Gasteiger partial charge in [0.1, 0.15) is 9.96 Å². The molecule has 0 saturated heterocycles. The Bertz CT molecular complexity index is 630. The molecule has 0 fully saturated rings. The van der Waals surface area contributed by atoms with Crippen molar-refractivity contribution in [2.24, 2.45) is 0 Å². The number of hydrogen-bond donors (Lipinski definition) is 1. The molecule has 0 radical (unpaired) electrons. The molecule has 1 N–H and O–H groups in total. The van der Waals surface area contributed by atoms with Gasteiger partial charge in [0.2, 0.25) is 9.84 Å². The lowest BCUT2D eigenvalue weighted by Gasteiger charge is -2.03. The van der Waals surface area contributed by atoms with Crippen LogP contribution in [0.25, 0.3) is 0 Å². The number of nitrogens with one attached hydrogen (secondary N) is 1. The molecule has 0 aliphatic heterocycles. The van der Waals surface area contributed by atoms with E-state index in [0.29, 0.717) is 9.96 Å². The number of anilines is 1. The first-order chi connectivity index (χ1) is 8.57. The van der Waals surface area contributed by atoms with Crippen molar-refractivity contribution in [1.82, 2.24) is 0 Å². The summed E-state index contributed by atoms with van der Waals surface area (Å²) in [5.74, 6) is 0.635. The van der Waals surface area contributed by atoms with Crippen LogP contribution in [0.15, 0.2) is 45.5 Å². The van der Waals surface area contributed by atoms with Gasteiger partial charge in [-0.2, -0.15) is 0 Å². The van der Waals surface area contributed by atoms with Crippen LogP contribution in [0.1, 0.15) is 0 Å². The highest BCUT2D eigenvalue weighted by Gasteiger charge is 2.19. The number of ether oxygens (including phenoxy) is 1. The van der Waals surface area contributed by atoms with Gasteiger partial charge in [-0.05, 0) is 36.4 Å². The first kappa shape index (κ1) is 12.9. The molecule has 0 saturated carbocycles. The second kappa shape index (κ2) is 4.99. The average Bonchev–Trinajstić information content (AvgIpc) is 2.88. The van der Waals surface area contributed by atoms with Gasteiger partial charge in [-0.1, -0.05) is 0 Å². The fourth-order valence-electron chi connectivity index (χ4n) is 1.47. The second-order valence-electron chi connectivity index (χ2n) is 3.55. The monoisotopic (exact) mass is 283 g/mol. The number of sulfone groups is 1. The van der Waals surface area contributed by atoms with Crippen LogP contribution in [0.2, 0.25) is 0 Å². The largest absolute Gasteiger partial charge is 0.497 e. The van der Waals surface area contributed by atoms with E-state index in [2.05, 4.69) is 5.32 Å². The highest BCUT2D eigenvalue weighted by Crippen LogP contribution is 2.30. The lowest BCUT2D eigenvalue weighted by molar-refractivity contribution is 0.414. The molecule has 1 aromatic carbocycles. The van der Waals surface area contributed by atoms with Crippen molar-refractivity contribution >= 4 is 26.2 Å². The van der Waals surface area contributed by atoms with E-state index < -0.39 is 9.84 Å². The molecule has 0 spiro atoms. The molecule has 0 unspecified atom stereocenters. The van der Waals surface area contributed by atoms with Gasteiger partial charge in [0.05, 0.1) is 17.0 Å². The van der Waals surface area contributed by atoms with E-state index in [1.54, 1.807) is 50.6 Å². The van der Waals surface area contributed by atoms with E-state index in [1.165, 1.54) is 11.3 Å². The maximum atomic E-state index is 12.3. The van der Waals surface area contributed by atoms with Gasteiger partial charge in [0, 0.05) is 7.05 Å². The minimum Gasteiger partial charge on any atom is -0.497 e. The molecule has 0 atom stereocenters. The van der Waals surface area contributed by atoms with Gasteiger partial charge in [0.25, 0.3) is 0 Å². The van der Waals surface area contributed by atoms with Gasteiger partial charge < -0.3 is 10.1 Å². The Morgan fingerprint density at radius 1 is 1.11 bits per heavy atom. The quantitative estimate of drug-likeness (QED) is 0.937. The lowest BCUT2D eigenvalue weighted by Crippen LogP contribution is -1.99. The van der Waals surface area contributed by atoms with E-state index >= 15 is 0 Å². The SMILES string of the molecule is CNc1ccc(S(=O)(=O)c2ccc(OC)cc2)s1. The fraction of sp³-hybridized carbons (Fsp3) is 0.167. The Morgan fingerprint density at radius 3 is 2.28 bits per heavy atom. The number of rotatable bonds is 4. The summed E-state index contributed by atoms with van der Waals surface area (Å²) in [5.41, 5.74) is 0. The summed E-state index contributed by atoms with van der Waals surface area (Å²) in [7, 11) is -0.127. The number of thiophene rings is 1. The minimum atomic E-state index is -3.43. The molecular weight excluding hydrogens is 270 g/mol. The van der Waals surface area contributed by atoms with Crippen molar-refractivity contribution in [1.29, 1.82) is 0 Å². The molecule has 2 aromatic rings. The molecule has 0 aliphatic rings. The topological polar surface area (TPSA) is 55.4 Å². The summed E-state index contributed by atoms with van der Waals surface area (Å²) in [6, 6.07) is 9.73. The standard InChI is InChI=1S/C12H13NO3S2/c1-13-11-7-8-12(17-11)18(14,15)10-5-3-9(16-2)4-6-10/h3-8,13H,1-2H3. The maximum Gasteiger partial charge on any atom is 0.216 e. The first-order valence-electron chi connectivity index (χ1n) is 5.24. The van der Waals surface area contributed by atoms with Crippen LogP contribution in [0.3, 0.4) is 0 Å². The minimum absolute atomic E-state index is 0.271. The zero-order valence-corrected chi connectivity index (χ0v) is 11.6. The van der Waals surface area contributed by atoms with Gasteiger partial charge >= 0.3 is 0 Å². The fourth-order valence-corrected chi connectivity index (χ4v) is 4.03. The van der Waals surface area contributed by atoms with E-state index in [0.717, 1.165) is 5.00 Å². The van der Waals surface area contributed by atoms with E-state index in [9.17, 15) is 8.42 Å². The molecule has 0 aliphatic carbocycles. The van der Waals surface area contributed by atoms with Crippen molar-refractivity contribution in [3.8, 4) is 5.75 Å². The Hall–Kier alpha value is -1.53. The number of benzene rings is 1. The lowest BCUT2D eigenvalue weighted by atomic mass is 10.3. The van der Waals surface area contributed by atoms with Crippen LogP contribution in [-0.2, 0) is 9.84 Å². The number of hydrogen-bond acceptors (Lipinski definition) is 5. The summed E-state index contributed by atoms with van der Waals surface area (Å²) < 4.78 is 29.9. The van der Waals surface area contributed by atoms with E-state index in [1.807, 2.05) is 0 Å². The van der Waals surface area contributed by atoms with Gasteiger partial charge in [0.15, 0.2) is 0 Å². The zero-order valence-electron chi connectivity index (χ0n) is 10.0. The maximum absolute atomic E-state index is 12.3. The molecule has 2 rings (SSSR count). The molecule has 4 nitrogen and oxygen atoms in total. The Morgan fingerprint density at radius 2 is 1.78 bits per heavy atom. The molecule has 6 heteroatoms. The average molecular weight is 283 g/mol. The van der Waals surface area contributed by atoms with Gasteiger partial charge in [-0.15, -0.1) is 11.3 Å². The Balaban J connectivity index is 2.40. The molecule has 96 valence electrons. The van der Waals surface area contributed by atoms with Crippen LogP contribution in [0.4, 0.5) is 5.00 Å². The first-order valence-corrected chi connectivity index (χ1v) is 7.54. The third-order valence-electron chi connectivity index (χ3n) is 2.46. The van der Waals surface area contributed by atoms with E-state index in [4.69, 9.17) is 4.74 Å². The van der Waals surface area contributed by atoms with Gasteiger partial charge in [-0.25, -0.2) is 8.42 Å². The van der Waals surface area contributed by atoms with Crippen molar-refractivity contribution in [2.75, 3.05) is 19.5 Å². The van der Waals surface area contributed by atoms with Crippen LogP contribution < -0.4 is 10.1 Å². The third kappa shape index (κ3) is 2.34. The second-order valence-corrected chi connectivity index (χ2v) is 6.81. The molecule has 0 bridgehead atoms. The Labute approximate surface area is 110 Å². The van der Waals surface area contributed by atoms with E-state index in [-0.39, 0.29) is 4.90 Å². The van der Waals surface area contributed by atoms with Crippen molar-refractivity contribution < 1.29 is 13.2 Å².